The van der Waals surface area contributed by atoms with Crippen LogP contribution in [0, 0.1) is 0 Å². The van der Waals surface area contributed by atoms with E-state index in [0.29, 0.717) is 16.9 Å². The number of rotatable bonds is 7. The van der Waals surface area contributed by atoms with Crippen molar-refractivity contribution in [3.8, 4) is 0 Å². The average Bonchev–Trinajstić information content (AvgIpc) is 3.57. The lowest BCUT2D eigenvalue weighted by Gasteiger charge is -2.30. The van der Waals surface area contributed by atoms with Crippen LogP contribution in [0.15, 0.2) is 90.2 Å². The molecule has 6 heteroatoms. The minimum absolute atomic E-state index is 0.216. The third-order valence-electron chi connectivity index (χ3n) is 5.87. The highest BCUT2D eigenvalue weighted by Gasteiger charge is 2.39. The number of aromatic nitrogens is 1. The molecule has 162 valence electrons. The van der Waals surface area contributed by atoms with Gasteiger partial charge in [0.25, 0.3) is 11.8 Å². The van der Waals surface area contributed by atoms with E-state index in [1.54, 1.807) is 36.7 Å². The van der Waals surface area contributed by atoms with Gasteiger partial charge in [-0.25, -0.2) is 0 Å². The van der Waals surface area contributed by atoms with Crippen molar-refractivity contribution in [3.05, 3.63) is 101 Å². The number of carbonyl (C=O) groups is 2. The Hall–Kier alpha value is -3.25. The number of anilines is 2. The lowest BCUT2D eigenvalue weighted by Crippen LogP contribution is -2.40. The van der Waals surface area contributed by atoms with Crippen LogP contribution in [0.2, 0.25) is 0 Å². The second-order valence-corrected chi connectivity index (χ2v) is 9.12. The third-order valence-corrected chi connectivity index (χ3v) is 6.40. The molecule has 1 heterocycles. The Morgan fingerprint density at radius 2 is 1.81 bits per heavy atom. The summed E-state index contributed by atoms with van der Waals surface area (Å²) in [6.45, 7) is 5.89. The number of pyridine rings is 1. The summed E-state index contributed by atoms with van der Waals surface area (Å²) in [6, 6.07) is 17.8. The Labute approximate surface area is 196 Å². The first-order valence-electron chi connectivity index (χ1n) is 10.4. The Balaban J connectivity index is 1.73. The number of hydrogen-bond donors (Lipinski definition) is 1. The van der Waals surface area contributed by atoms with E-state index < -0.39 is 6.04 Å². The number of nitrogens with zero attached hydrogens (tertiary/aromatic N) is 2. The molecule has 0 bridgehead atoms. The van der Waals surface area contributed by atoms with Crippen LogP contribution >= 0.6 is 15.9 Å². The van der Waals surface area contributed by atoms with Crippen LogP contribution < -0.4 is 10.2 Å². The molecular formula is C26H24BrN3O2. The molecule has 1 unspecified atom stereocenters. The van der Waals surface area contributed by atoms with Crippen LogP contribution in [0.25, 0.3) is 0 Å². The normalized spacial score (nSPS) is 14.8. The standard InChI is InChI=1S/C26H24BrN3O2/c1-3-23(31)30(22-12-6-19(7-13-22)26(2)14-15-26)24(18-5-4-16-28-17-18)25(32)29-21-10-8-20(27)9-11-21/h3-13,16-17,24H,1,14-15H2,2H3,(H,29,32). The van der Waals surface area contributed by atoms with Crippen molar-refractivity contribution in [1.29, 1.82) is 0 Å². The molecule has 1 saturated carbocycles. The van der Waals surface area contributed by atoms with Gasteiger partial charge in [-0.15, -0.1) is 0 Å². The maximum absolute atomic E-state index is 13.5. The molecule has 32 heavy (non-hydrogen) atoms. The van der Waals surface area contributed by atoms with Crippen LogP contribution in [0.1, 0.15) is 36.9 Å². The van der Waals surface area contributed by atoms with Gasteiger partial charge in [-0.05, 0) is 72.4 Å². The lowest BCUT2D eigenvalue weighted by atomic mass is 9.97. The van der Waals surface area contributed by atoms with E-state index >= 15 is 0 Å². The molecule has 3 aromatic rings. The molecule has 1 aliphatic carbocycles. The number of carbonyl (C=O) groups excluding carboxylic acids is 2. The van der Waals surface area contributed by atoms with Gasteiger partial charge in [0.1, 0.15) is 6.04 Å². The van der Waals surface area contributed by atoms with E-state index in [1.165, 1.54) is 16.5 Å². The van der Waals surface area contributed by atoms with Crippen molar-refractivity contribution in [3.63, 3.8) is 0 Å². The third kappa shape index (κ3) is 4.65. The van der Waals surface area contributed by atoms with E-state index in [-0.39, 0.29) is 17.2 Å². The first kappa shape index (κ1) is 22.0. The maximum atomic E-state index is 13.5. The van der Waals surface area contributed by atoms with Gasteiger partial charge in [-0.2, -0.15) is 0 Å². The van der Waals surface area contributed by atoms with Crippen molar-refractivity contribution in [2.75, 3.05) is 10.2 Å². The van der Waals surface area contributed by atoms with E-state index in [2.05, 4.69) is 39.7 Å². The zero-order valence-corrected chi connectivity index (χ0v) is 19.4. The van der Waals surface area contributed by atoms with E-state index in [0.717, 1.165) is 17.3 Å². The first-order chi connectivity index (χ1) is 15.4. The summed E-state index contributed by atoms with van der Waals surface area (Å²) in [5, 5.41) is 2.93. The molecule has 0 radical (unpaired) electrons. The van der Waals surface area contributed by atoms with Crippen LogP contribution in [-0.4, -0.2) is 16.8 Å². The summed E-state index contributed by atoms with van der Waals surface area (Å²) in [5.74, 6) is -0.705. The van der Waals surface area contributed by atoms with Gasteiger partial charge in [-0.3, -0.25) is 19.5 Å². The highest BCUT2D eigenvalue weighted by Crippen LogP contribution is 2.47. The van der Waals surface area contributed by atoms with Crippen LogP contribution in [0.4, 0.5) is 11.4 Å². The lowest BCUT2D eigenvalue weighted by molar-refractivity contribution is -0.121. The quantitative estimate of drug-likeness (QED) is 0.426. The van der Waals surface area contributed by atoms with E-state index in [4.69, 9.17) is 0 Å². The zero-order valence-electron chi connectivity index (χ0n) is 17.8. The Morgan fingerprint density at radius 3 is 2.38 bits per heavy atom. The monoisotopic (exact) mass is 489 g/mol. The molecule has 1 fully saturated rings. The number of halogens is 1. The van der Waals surface area contributed by atoms with Gasteiger partial charge in [0.15, 0.2) is 0 Å². The van der Waals surface area contributed by atoms with Crippen molar-refractivity contribution in [1.82, 2.24) is 4.98 Å². The summed E-state index contributed by atoms with van der Waals surface area (Å²) in [4.78, 5) is 32.2. The number of hydrogen-bond acceptors (Lipinski definition) is 3. The Kier molecular flexibility index (Phi) is 6.24. The summed E-state index contributed by atoms with van der Waals surface area (Å²) in [7, 11) is 0. The van der Waals surface area contributed by atoms with E-state index in [1.807, 2.05) is 36.4 Å². The smallest absolute Gasteiger partial charge is 0.252 e. The highest BCUT2D eigenvalue weighted by molar-refractivity contribution is 9.10. The van der Waals surface area contributed by atoms with Crippen molar-refractivity contribution in [2.24, 2.45) is 0 Å². The molecular weight excluding hydrogens is 466 g/mol. The molecule has 2 amide bonds. The molecule has 1 aromatic heterocycles. The number of benzene rings is 2. The van der Waals surface area contributed by atoms with Gasteiger partial charge in [0.05, 0.1) is 0 Å². The van der Waals surface area contributed by atoms with Crippen LogP contribution in [0.5, 0.6) is 0 Å². The molecule has 2 aromatic carbocycles. The number of nitrogens with one attached hydrogen (secondary N) is 1. The van der Waals surface area contributed by atoms with Gasteiger partial charge < -0.3 is 5.32 Å². The first-order valence-corrected chi connectivity index (χ1v) is 11.2. The van der Waals surface area contributed by atoms with Crippen molar-refractivity contribution >= 4 is 39.1 Å². The second-order valence-electron chi connectivity index (χ2n) is 8.20. The molecule has 5 nitrogen and oxygen atoms in total. The fourth-order valence-electron chi connectivity index (χ4n) is 3.70. The molecule has 4 rings (SSSR count). The van der Waals surface area contributed by atoms with Gasteiger partial charge in [0, 0.05) is 33.8 Å². The molecule has 0 aliphatic heterocycles. The Morgan fingerprint density at radius 1 is 1.12 bits per heavy atom. The molecule has 0 saturated heterocycles. The summed E-state index contributed by atoms with van der Waals surface area (Å²) in [5.41, 5.74) is 3.32. The van der Waals surface area contributed by atoms with Gasteiger partial charge >= 0.3 is 0 Å². The second kappa shape index (κ2) is 9.09. The zero-order chi connectivity index (χ0) is 22.7. The molecule has 0 spiro atoms. The fraction of sp³-hybridized carbons (Fsp3) is 0.192. The molecule has 1 atom stereocenters. The minimum Gasteiger partial charge on any atom is -0.324 e. The summed E-state index contributed by atoms with van der Waals surface area (Å²) >= 11 is 3.40. The van der Waals surface area contributed by atoms with Crippen LogP contribution in [-0.2, 0) is 15.0 Å². The van der Waals surface area contributed by atoms with Gasteiger partial charge in [0.2, 0.25) is 0 Å². The van der Waals surface area contributed by atoms with Crippen molar-refractivity contribution in [2.45, 2.75) is 31.2 Å². The van der Waals surface area contributed by atoms with Crippen molar-refractivity contribution < 1.29 is 9.59 Å². The predicted molar refractivity (Wildman–Crippen MR) is 130 cm³/mol. The highest BCUT2D eigenvalue weighted by atomic mass is 79.9. The van der Waals surface area contributed by atoms with Gasteiger partial charge in [-0.1, -0.05) is 47.6 Å². The summed E-state index contributed by atoms with van der Waals surface area (Å²) < 4.78 is 0.909. The average molecular weight is 490 g/mol. The fourth-order valence-corrected chi connectivity index (χ4v) is 3.97. The maximum Gasteiger partial charge on any atom is 0.252 e. The SMILES string of the molecule is C=CC(=O)N(c1ccc(C2(C)CC2)cc1)C(C(=O)Nc1ccc(Br)cc1)c1cccnc1. The molecule has 1 N–H and O–H groups in total. The topological polar surface area (TPSA) is 62.3 Å². The van der Waals surface area contributed by atoms with Crippen LogP contribution in [0.3, 0.4) is 0 Å². The predicted octanol–water partition coefficient (Wildman–Crippen LogP) is 5.79. The largest absolute Gasteiger partial charge is 0.324 e. The molecule has 1 aliphatic rings. The van der Waals surface area contributed by atoms with E-state index in [9.17, 15) is 9.59 Å². The Bertz CT molecular complexity index is 1120. The minimum atomic E-state index is -0.916. The number of amides is 2. The summed E-state index contributed by atoms with van der Waals surface area (Å²) in [6.07, 6.45) is 6.80.